The maximum absolute atomic E-state index is 10.9. The van der Waals surface area contributed by atoms with Gasteiger partial charge in [0.05, 0.1) is 6.42 Å². The molecule has 0 unspecified atom stereocenters. The summed E-state index contributed by atoms with van der Waals surface area (Å²) in [5.74, 6) is -0.0887. The highest BCUT2D eigenvalue weighted by Crippen LogP contribution is 2.41. The zero-order valence-corrected chi connectivity index (χ0v) is 9.38. The first-order chi connectivity index (χ1) is 7.75. The number of aliphatic carboxylic acids is 1. The molecule has 2 aliphatic rings. The van der Waals surface area contributed by atoms with Crippen LogP contribution in [0.25, 0.3) is 0 Å². The predicted molar refractivity (Wildman–Crippen MR) is 60.7 cm³/mol. The standard InChI is InChI=1S/C13H17NO2/c15-12(16)7-10-9-5-2-6-11(9)14-13(10)8-3-1-4-8/h8,14H,1-7H2,(H,15,16). The second kappa shape index (κ2) is 3.65. The van der Waals surface area contributed by atoms with Gasteiger partial charge in [-0.2, -0.15) is 0 Å². The lowest BCUT2D eigenvalue weighted by atomic mass is 9.80. The van der Waals surface area contributed by atoms with Crippen molar-refractivity contribution in [2.24, 2.45) is 0 Å². The molecule has 2 aliphatic carbocycles. The maximum Gasteiger partial charge on any atom is 0.307 e. The van der Waals surface area contributed by atoms with Gasteiger partial charge in [-0.05, 0) is 49.1 Å². The molecule has 1 aromatic rings. The zero-order chi connectivity index (χ0) is 11.1. The van der Waals surface area contributed by atoms with E-state index in [9.17, 15) is 4.79 Å². The van der Waals surface area contributed by atoms with Crippen LogP contribution in [0.3, 0.4) is 0 Å². The lowest BCUT2D eigenvalue weighted by Crippen LogP contribution is -2.13. The Labute approximate surface area is 94.9 Å². The van der Waals surface area contributed by atoms with Crippen molar-refractivity contribution in [2.75, 3.05) is 0 Å². The van der Waals surface area contributed by atoms with Gasteiger partial charge in [-0.15, -0.1) is 0 Å². The van der Waals surface area contributed by atoms with Gasteiger partial charge < -0.3 is 10.1 Å². The summed E-state index contributed by atoms with van der Waals surface area (Å²) in [6, 6.07) is 0. The highest BCUT2D eigenvalue weighted by atomic mass is 16.4. The number of H-pyrrole nitrogens is 1. The minimum Gasteiger partial charge on any atom is -0.481 e. The number of carboxylic acid groups (broad SMARTS) is 1. The molecule has 1 aromatic heterocycles. The van der Waals surface area contributed by atoms with Crippen LogP contribution < -0.4 is 0 Å². The van der Waals surface area contributed by atoms with Gasteiger partial charge >= 0.3 is 5.97 Å². The van der Waals surface area contributed by atoms with Crippen LogP contribution in [-0.2, 0) is 24.1 Å². The number of aromatic amines is 1. The Hall–Kier alpha value is -1.25. The molecule has 3 rings (SSSR count). The minimum atomic E-state index is -0.700. The van der Waals surface area contributed by atoms with Gasteiger partial charge in [-0.1, -0.05) is 6.42 Å². The zero-order valence-electron chi connectivity index (χ0n) is 9.38. The number of nitrogens with one attached hydrogen (secondary N) is 1. The third-order valence-corrected chi connectivity index (χ3v) is 4.03. The first kappa shape index (κ1) is 9.94. The summed E-state index contributed by atoms with van der Waals surface area (Å²) < 4.78 is 0. The number of hydrogen-bond donors (Lipinski definition) is 2. The van der Waals surface area contributed by atoms with E-state index in [1.54, 1.807) is 0 Å². The van der Waals surface area contributed by atoms with Crippen LogP contribution >= 0.6 is 0 Å². The van der Waals surface area contributed by atoms with Gasteiger partial charge in [0.1, 0.15) is 0 Å². The summed E-state index contributed by atoms with van der Waals surface area (Å²) in [6.07, 6.45) is 7.31. The molecule has 0 radical (unpaired) electrons. The molecule has 0 aliphatic heterocycles. The molecular weight excluding hydrogens is 202 g/mol. The van der Waals surface area contributed by atoms with E-state index in [2.05, 4.69) is 4.98 Å². The second-order valence-corrected chi connectivity index (χ2v) is 5.03. The Bertz CT molecular complexity index is 429. The average Bonchev–Trinajstić information content (AvgIpc) is 2.66. The van der Waals surface area contributed by atoms with Crippen LogP contribution in [0.5, 0.6) is 0 Å². The smallest absolute Gasteiger partial charge is 0.307 e. The van der Waals surface area contributed by atoms with Gasteiger partial charge in [-0.3, -0.25) is 4.79 Å². The third-order valence-electron chi connectivity index (χ3n) is 4.03. The second-order valence-electron chi connectivity index (χ2n) is 5.03. The monoisotopic (exact) mass is 219 g/mol. The molecule has 2 N–H and O–H groups in total. The molecule has 1 heterocycles. The number of fused-ring (bicyclic) bond motifs is 1. The van der Waals surface area contributed by atoms with Crippen LogP contribution in [0.2, 0.25) is 0 Å². The van der Waals surface area contributed by atoms with Crippen molar-refractivity contribution in [1.29, 1.82) is 0 Å². The molecule has 3 heteroatoms. The Morgan fingerprint density at radius 2 is 2.12 bits per heavy atom. The molecule has 3 nitrogen and oxygen atoms in total. The molecule has 0 saturated heterocycles. The van der Waals surface area contributed by atoms with E-state index in [4.69, 9.17) is 5.11 Å². The van der Waals surface area contributed by atoms with Crippen molar-refractivity contribution in [2.45, 2.75) is 50.9 Å². The lowest BCUT2D eigenvalue weighted by molar-refractivity contribution is -0.136. The van der Waals surface area contributed by atoms with E-state index in [1.165, 1.54) is 42.6 Å². The Morgan fingerprint density at radius 3 is 2.75 bits per heavy atom. The fourth-order valence-electron chi connectivity index (χ4n) is 3.01. The molecule has 86 valence electrons. The summed E-state index contributed by atoms with van der Waals surface area (Å²) in [5.41, 5.74) is 5.01. The number of carbonyl (C=O) groups is 1. The topological polar surface area (TPSA) is 53.1 Å². The van der Waals surface area contributed by atoms with E-state index in [0.717, 1.165) is 18.4 Å². The van der Waals surface area contributed by atoms with Crippen LogP contribution in [0.15, 0.2) is 0 Å². The number of hydrogen-bond acceptors (Lipinski definition) is 1. The van der Waals surface area contributed by atoms with Crippen molar-refractivity contribution in [3.8, 4) is 0 Å². The van der Waals surface area contributed by atoms with Crippen molar-refractivity contribution in [1.82, 2.24) is 4.98 Å². The first-order valence-corrected chi connectivity index (χ1v) is 6.20. The largest absolute Gasteiger partial charge is 0.481 e. The van der Waals surface area contributed by atoms with Gasteiger partial charge in [-0.25, -0.2) is 0 Å². The van der Waals surface area contributed by atoms with Crippen LogP contribution in [0.1, 0.15) is 54.1 Å². The van der Waals surface area contributed by atoms with Crippen LogP contribution in [-0.4, -0.2) is 16.1 Å². The highest BCUT2D eigenvalue weighted by Gasteiger charge is 2.29. The number of rotatable bonds is 3. The molecule has 1 saturated carbocycles. The Kier molecular flexibility index (Phi) is 2.27. The summed E-state index contributed by atoms with van der Waals surface area (Å²) in [5, 5.41) is 9.00. The SMILES string of the molecule is O=C(O)Cc1c(C2CCC2)[nH]c2c1CCC2. The van der Waals surface area contributed by atoms with E-state index < -0.39 is 5.97 Å². The predicted octanol–water partition coefficient (Wildman–Crippen LogP) is 2.40. The van der Waals surface area contributed by atoms with Crippen LogP contribution in [0, 0.1) is 0 Å². The van der Waals surface area contributed by atoms with Gasteiger partial charge in [0, 0.05) is 11.4 Å². The average molecular weight is 219 g/mol. The molecule has 0 aromatic carbocycles. The normalized spacial score (nSPS) is 19.5. The van der Waals surface area contributed by atoms with E-state index in [1.807, 2.05) is 0 Å². The number of carboxylic acids is 1. The van der Waals surface area contributed by atoms with Crippen LogP contribution in [0.4, 0.5) is 0 Å². The summed E-state index contributed by atoms with van der Waals surface area (Å²) >= 11 is 0. The van der Waals surface area contributed by atoms with Crippen molar-refractivity contribution in [3.63, 3.8) is 0 Å². The minimum absolute atomic E-state index is 0.206. The lowest BCUT2D eigenvalue weighted by Gasteiger charge is -2.26. The summed E-state index contributed by atoms with van der Waals surface area (Å²) in [7, 11) is 0. The highest BCUT2D eigenvalue weighted by molar-refractivity contribution is 5.72. The third kappa shape index (κ3) is 1.46. The summed E-state index contributed by atoms with van der Waals surface area (Å²) in [6.45, 7) is 0. The van der Waals surface area contributed by atoms with Crippen molar-refractivity contribution in [3.05, 3.63) is 22.5 Å². The quantitative estimate of drug-likeness (QED) is 0.820. The molecule has 0 atom stereocenters. The molecule has 1 fully saturated rings. The van der Waals surface area contributed by atoms with E-state index >= 15 is 0 Å². The Morgan fingerprint density at radius 1 is 1.31 bits per heavy atom. The number of aromatic nitrogens is 1. The molecule has 0 spiro atoms. The van der Waals surface area contributed by atoms with Gasteiger partial charge in [0.2, 0.25) is 0 Å². The molecular formula is C13H17NO2. The fourth-order valence-corrected chi connectivity index (χ4v) is 3.01. The molecule has 16 heavy (non-hydrogen) atoms. The molecule has 0 amide bonds. The van der Waals surface area contributed by atoms with Gasteiger partial charge in [0.15, 0.2) is 0 Å². The van der Waals surface area contributed by atoms with Gasteiger partial charge in [0.25, 0.3) is 0 Å². The number of aryl methyl sites for hydroxylation is 1. The first-order valence-electron chi connectivity index (χ1n) is 6.20. The van der Waals surface area contributed by atoms with E-state index in [-0.39, 0.29) is 6.42 Å². The van der Waals surface area contributed by atoms with E-state index in [0.29, 0.717) is 5.92 Å². The van der Waals surface area contributed by atoms with Crippen molar-refractivity contribution >= 4 is 5.97 Å². The summed E-state index contributed by atoms with van der Waals surface area (Å²) in [4.78, 5) is 14.4. The molecule has 0 bridgehead atoms. The Balaban J connectivity index is 1.99. The maximum atomic E-state index is 10.9. The van der Waals surface area contributed by atoms with Crippen molar-refractivity contribution < 1.29 is 9.90 Å². The fraction of sp³-hybridized carbons (Fsp3) is 0.615.